The Morgan fingerprint density at radius 3 is 2.57 bits per heavy atom. The van der Waals surface area contributed by atoms with Gasteiger partial charge in [-0.05, 0) is 25.3 Å². The van der Waals surface area contributed by atoms with E-state index in [9.17, 15) is 9.59 Å². The van der Waals surface area contributed by atoms with Crippen molar-refractivity contribution < 1.29 is 9.59 Å². The lowest BCUT2D eigenvalue weighted by atomic mass is 9.80. The largest absolute Gasteiger partial charge is 0.272 e. The Morgan fingerprint density at radius 1 is 1.24 bits per heavy atom. The summed E-state index contributed by atoms with van der Waals surface area (Å²) in [7, 11) is 0. The Balaban J connectivity index is 2.23. The predicted octanol–water partition coefficient (Wildman–Crippen LogP) is 2.59. The Bertz CT molecular complexity index is 565. The minimum Gasteiger partial charge on any atom is -0.272 e. The van der Waals surface area contributed by atoms with Crippen molar-refractivity contribution in [2.75, 3.05) is 0 Å². The van der Waals surface area contributed by atoms with Gasteiger partial charge < -0.3 is 0 Å². The Hall–Kier alpha value is -2.36. The molecule has 0 aliphatic carbocycles. The van der Waals surface area contributed by atoms with E-state index in [-0.39, 0.29) is 11.8 Å². The summed E-state index contributed by atoms with van der Waals surface area (Å²) in [5.74, 6) is -0.434. The van der Waals surface area contributed by atoms with Crippen molar-refractivity contribution in [3.05, 3.63) is 60.7 Å². The topological polar surface area (TPSA) is 49.4 Å². The van der Waals surface area contributed by atoms with Gasteiger partial charge in [-0.2, -0.15) is 0 Å². The number of nitrogens with one attached hydrogen (secondary N) is 1. The maximum Gasteiger partial charge on any atom is 0.257 e. The highest BCUT2D eigenvalue weighted by atomic mass is 16.2. The molecule has 4 nitrogen and oxygen atoms in total. The van der Waals surface area contributed by atoms with Crippen LogP contribution in [0.1, 0.15) is 25.3 Å². The summed E-state index contributed by atoms with van der Waals surface area (Å²) in [5, 5.41) is 1.41. The van der Waals surface area contributed by atoms with Crippen molar-refractivity contribution in [1.82, 2.24) is 10.4 Å². The van der Waals surface area contributed by atoms with Crippen LogP contribution in [0.5, 0.6) is 0 Å². The monoisotopic (exact) mass is 284 g/mol. The molecule has 0 aromatic heterocycles. The smallest absolute Gasteiger partial charge is 0.257 e. The quantitative estimate of drug-likeness (QED) is 0.645. The number of allylic oxidation sites excluding steroid dienone is 3. The van der Waals surface area contributed by atoms with Gasteiger partial charge in [-0.1, -0.05) is 48.6 Å². The summed E-state index contributed by atoms with van der Waals surface area (Å²) in [6, 6.07) is 9.60. The van der Waals surface area contributed by atoms with Crippen LogP contribution in [0.3, 0.4) is 0 Å². The molecule has 1 heterocycles. The Labute approximate surface area is 125 Å². The van der Waals surface area contributed by atoms with Gasteiger partial charge in [0.2, 0.25) is 0 Å². The van der Waals surface area contributed by atoms with Crippen LogP contribution in [0.25, 0.3) is 0 Å². The summed E-state index contributed by atoms with van der Waals surface area (Å²) in [5.41, 5.74) is 2.63. The highest BCUT2D eigenvalue weighted by molar-refractivity contribution is 6.10. The van der Waals surface area contributed by atoms with Crippen LogP contribution in [-0.4, -0.2) is 16.8 Å². The first-order valence-corrected chi connectivity index (χ1v) is 7.03. The van der Waals surface area contributed by atoms with Crippen LogP contribution in [-0.2, 0) is 16.1 Å². The third kappa shape index (κ3) is 2.89. The number of hydrogen-bond acceptors (Lipinski definition) is 2. The third-order valence-corrected chi connectivity index (χ3v) is 3.70. The number of amides is 2. The van der Waals surface area contributed by atoms with E-state index in [0.717, 1.165) is 5.56 Å². The maximum absolute atomic E-state index is 12.7. The molecule has 1 aromatic rings. The number of nitrogens with zero attached hydrogens (tertiary/aromatic N) is 1. The SMILES string of the molecule is C=CCC1(CC=CC)C(=O)NN(Cc2ccccc2)C1=O. The highest BCUT2D eigenvalue weighted by Gasteiger charge is 2.52. The summed E-state index contributed by atoms with van der Waals surface area (Å²) < 4.78 is 0. The van der Waals surface area contributed by atoms with Gasteiger partial charge in [-0.15, -0.1) is 6.58 Å². The van der Waals surface area contributed by atoms with Crippen LogP contribution >= 0.6 is 0 Å². The summed E-state index contributed by atoms with van der Waals surface area (Å²) in [6.07, 6.45) is 6.07. The molecule has 1 aliphatic rings. The summed E-state index contributed by atoms with van der Waals surface area (Å²) in [6.45, 7) is 5.93. The molecule has 0 saturated carbocycles. The zero-order valence-corrected chi connectivity index (χ0v) is 12.2. The number of hydrogen-bond donors (Lipinski definition) is 1. The predicted molar refractivity (Wildman–Crippen MR) is 81.8 cm³/mol. The van der Waals surface area contributed by atoms with Crippen LogP contribution in [0, 0.1) is 5.41 Å². The van der Waals surface area contributed by atoms with Gasteiger partial charge in [0.1, 0.15) is 5.41 Å². The van der Waals surface area contributed by atoms with Crippen LogP contribution in [0.4, 0.5) is 0 Å². The van der Waals surface area contributed by atoms with E-state index >= 15 is 0 Å². The fraction of sp³-hybridized carbons (Fsp3) is 0.294. The highest BCUT2D eigenvalue weighted by Crippen LogP contribution is 2.35. The molecule has 0 radical (unpaired) electrons. The Kier molecular flexibility index (Phi) is 4.58. The van der Waals surface area contributed by atoms with Crippen molar-refractivity contribution in [3.63, 3.8) is 0 Å². The number of rotatable bonds is 6. The van der Waals surface area contributed by atoms with Gasteiger partial charge in [0.05, 0.1) is 6.54 Å². The fourth-order valence-corrected chi connectivity index (χ4v) is 2.52. The van der Waals surface area contributed by atoms with Gasteiger partial charge in [-0.3, -0.25) is 15.0 Å². The fourth-order valence-electron chi connectivity index (χ4n) is 2.52. The molecule has 1 saturated heterocycles. The Morgan fingerprint density at radius 2 is 1.95 bits per heavy atom. The van der Waals surface area contributed by atoms with Gasteiger partial charge in [-0.25, -0.2) is 5.01 Å². The van der Waals surface area contributed by atoms with E-state index in [1.807, 2.05) is 49.4 Å². The maximum atomic E-state index is 12.7. The van der Waals surface area contributed by atoms with Gasteiger partial charge >= 0.3 is 0 Å². The minimum absolute atomic E-state index is 0.186. The third-order valence-electron chi connectivity index (χ3n) is 3.70. The lowest BCUT2D eigenvalue weighted by Gasteiger charge is -2.21. The second-order valence-corrected chi connectivity index (χ2v) is 5.17. The molecule has 1 fully saturated rings. The van der Waals surface area contributed by atoms with Crippen LogP contribution in [0.2, 0.25) is 0 Å². The number of hydrazine groups is 1. The molecular formula is C17H20N2O2. The second-order valence-electron chi connectivity index (χ2n) is 5.17. The molecule has 2 rings (SSSR count). The van der Waals surface area contributed by atoms with Crippen LogP contribution in [0.15, 0.2) is 55.1 Å². The van der Waals surface area contributed by atoms with Crippen molar-refractivity contribution in [2.45, 2.75) is 26.3 Å². The number of carbonyl (C=O) groups excluding carboxylic acids is 2. The van der Waals surface area contributed by atoms with E-state index in [2.05, 4.69) is 12.0 Å². The van der Waals surface area contributed by atoms with Gasteiger partial charge in [0.25, 0.3) is 11.8 Å². The van der Waals surface area contributed by atoms with E-state index in [0.29, 0.717) is 19.4 Å². The summed E-state index contributed by atoms with van der Waals surface area (Å²) >= 11 is 0. The second kappa shape index (κ2) is 6.39. The first kappa shape index (κ1) is 15.0. The molecule has 1 N–H and O–H groups in total. The number of carbonyl (C=O) groups is 2. The molecule has 1 aliphatic heterocycles. The van der Waals surface area contributed by atoms with E-state index in [4.69, 9.17) is 0 Å². The molecule has 21 heavy (non-hydrogen) atoms. The zero-order chi connectivity index (χ0) is 15.3. The van der Waals surface area contributed by atoms with E-state index < -0.39 is 5.41 Å². The average Bonchev–Trinajstić information content (AvgIpc) is 2.72. The standard InChI is InChI=1S/C17H20N2O2/c1-3-5-12-17(11-4-2)15(20)18-19(16(17)21)13-14-9-7-6-8-10-14/h3-10H,2,11-13H2,1H3,(H,18,20). The van der Waals surface area contributed by atoms with Crippen molar-refractivity contribution in [2.24, 2.45) is 5.41 Å². The van der Waals surface area contributed by atoms with E-state index in [1.165, 1.54) is 5.01 Å². The molecule has 0 bridgehead atoms. The van der Waals surface area contributed by atoms with Crippen molar-refractivity contribution in [3.8, 4) is 0 Å². The summed E-state index contributed by atoms with van der Waals surface area (Å²) in [4.78, 5) is 25.0. The molecule has 0 spiro atoms. The molecule has 110 valence electrons. The molecule has 2 amide bonds. The minimum atomic E-state index is -1.05. The normalized spacial score (nSPS) is 21.9. The lowest BCUT2D eigenvalue weighted by Crippen LogP contribution is -2.36. The van der Waals surface area contributed by atoms with Gasteiger partial charge in [0, 0.05) is 0 Å². The molecule has 4 heteroatoms. The molecule has 1 unspecified atom stereocenters. The van der Waals surface area contributed by atoms with Crippen molar-refractivity contribution in [1.29, 1.82) is 0 Å². The molecule has 1 aromatic carbocycles. The average molecular weight is 284 g/mol. The molecule has 1 atom stereocenters. The molecular weight excluding hydrogens is 264 g/mol. The first-order valence-electron chi connectivity index (χ1n) is 7.03. The van der Waals surface area contributed by atoms with Gasteiger partial charge in [0.15, 0.2) is 0 Å². The lowest BCUT2D eigenvalue weighted by molar-refractivity contribution is -0.139. The zero-order valence-electron chi connectivity index (χ0n) is 12.2. The van der Waals surface area contributed by atoms with Crippen LogP contribution < -0.4 is 5.43 Å². The first-order chi connectivity index (χ1) is 10.1. The van der Waals surface area contributed by atoms with E-state index in [1.54, 1.807) is 6.08 Å². The number of benzene rings is 1. The van der Waals surface area contributed by atoms with Crippen molar-refractivity contribution >= 4 is 11.8 Å².